The molecule has 1 N–H and O–H groups in total. The maximum Gasteiger partial charge on any atom is 0.344 e. The Kier molecular flexibility index (Phi) is 8.15. The average Bonchev–Trinajstić information content (AvgIpc) is 2.46. The van der Waals surface area contributed by atoms with E-state index < -0.39 is 5.97 Å². The van der Waals surface area contributed by atoms with Gasteiger partial charge in [-0.3, -0.25) is 0 Å². The monoisotopic (exact) mass is 360 g/mol. The highest BCUT2D eigenvalue weighted by molar-refractivity contribution is 9.10. The number of unbranched alkanes of at least 4 members (excludes halogenated alkanes) is 1. The quantitative estimate of drug-likeness (QED) is 0.541. The fourth-order valence-electron chi connectivity index (χ4n) is 1.62. The Balaban J connectivity index is 2.70. The van der Waals surface area contributed by atoms with E-state index >= 15 is 0 Å². The highest BCUT2D eigenvalue weighted by Gasteiger charge is 2.14. The second-order valence-corrected chi connectivity index (χ2v) is 5.21. The molecular weight excluding hydrogens is 340 g/mol. The number of halogens is 1. The Bertz CT molecular complexity index is 462. The minimum absolute atomic E-state index is 0.0992. The summed E-state index contributed by atoms with van der Waals surface area (Å²) in [4.78, 5) is 11.6. The molecule has 0 saturated heterocycles. The first kappa shape index (κ1) is 17.8. The van der Waals surface area contributed by atoms with Gasteiger partial charge < -0.3 is 19.3 Å². The van der Waals surface area contributed by atoms with Crippen molar-refractivity contribution in [3.8, 4) is 11.5 Å². The molecule has 1 aromatic carbocycles. The van der Waals surface area contributed by atoms with E-state index in [2.05, 4.69) is 15.9 Å². The van der Waals surface area contributed by atoms with E-state index in [-0.39, 0.29) is 13.2 Å². The van der Waals surface area contributed by atoms with Gasteiger partial charge in [0.05, 0.1) is 24.3 Å². The molecule has 21 heavy (non-hydrogen) atoms. The molecular formula is C15H21BrO5. The van der Waals surface area contributed by atoms with Crippen LogP contribution in [-0.2, 0) is 16.1 Å². The zero-order valence-corrected chi connectivity index (χ0v) is 13.9. The van der Waals surface area contributed by atoms with Crippen LogP contribution >= 0.6 is 15.9 Å². The summed E-state index contributed by atoms with van der Waals surface area (Å²) in [5.41, 5.74) is 0.697. The van der Waals surface area contributed by atoms with Gasteiger partial charge in [0.1, 0.15) is 0 Å². The van der Waals surface area contributed by atoms with E-state index in [1.54, 1.807) is 12.1 Å². The first-order valence-corrected chi connectivity index (χ1v) is 7.76. The smallest absolute Gasteiger partial charge is 0.344 e. The van der Waals surface area contributed by atoms with Crippen molar-refractivity contribution in [3.05, 3.63) is 22.2 Å². The van der Waals surface area contributed by atoms with Gasteiger partial charge in [-0.05, 0) is 47.0 Å². The molecule has 0 aliphatic carbocycles. The molecule has 0 saturated carbocycles. The molecule has 1 rings (SSSR count). The number of carbonyl (C=O) groups excluding carboxylic acids is 1. The van der Waals surface area contributed by atoms with Crippen LogP contribution in [0.25, 0.3) is 0 Å². The molecule has 0 atom stereocenters. The van der Waals surface area contributed by atoms with Gasteiger partial charge in [0.2, 0.25) is 0 Å². The molecule has 0 heterocycles. The Hall–Kier alpha value is -1.27. The van der Waals surface area contributed by atoms with Crippen molar-refractivity contribution in [2.45, 2.75) is 33.3 Å². The number of aliphatic hydroxyl groups is 1. The highest BCUT2D eigenvalue weighted by atomic mass is 79.9. The number of hydrogen-bond donors (Lipinski definition) is 1. The Labute approximate surface area is 133 Å². The largest absolute Gasteiger partial charge is 0.490 e. The summed E-state index contributed by atoms with van der Waals surface area (Å²) >= 11 is 3.35. The van der Waals surface area contributed by atoms with Crippen molar-refractivity contribution >= 4 is 21.9 Å². The standard InChI is InChI=1S/C15H21BrO5/c1-3-5-6-20-14(18)10-21-15-12(16)7-11(9-17)8-13(15)19-4-2/h7-8,17H,3-6,9-10H2,1-2H3. The first-order valence-electron chi connectivity index (χ1n) is 6.96. The zero-order valence-electron chi connectivity index (χ0n) is 12.4. The summed E-state index contributed by atoms with van der Waals surface area (Å²) in [5, 5.41) is 9.19. The number of ether oxygens (including phenoxy) is 3. The fraction of sp³-hybridized carbons (Fsp3) is 0.533. The number of benzene rings is 1. The van der Waals surface area contributed by atoms with E-state index in [0.29, 0.717) is 34.7 Å². The van der Waals surface area contributed by atoms with Gasteiger partial charge in [-0.2, -0.15) is 0 Å². The minimum atomic E-state index is -0.413. The van der Waals surface area contributed by atoms with Gasteiger partial charge in [0.15, 0.2) is 18.1 Å². The molecule has 0 fully saturated rings. The summed E-state index contributed by atoms with van der Waals surface area (Å²) in [5.74, 6) is 0.503. The fourth-order valence-corrected chi connectivity index (χ4v) is 2.22. The second-order valence-electron chi connectivity index (χ2n) is 4.36. The first-order chi connectivity index (χ1) is 10.1. The van der Waals surface area contributed by atoms with Crippen LogP contribution in [0.1, 0.15) is 32.3 Å². The van der Waals surface area contributed by atoms with Gasteiger partial charge in [-0.1, -0.05) is 13.3 Å². The molecule has 5 nitrogen and oxygen atoms in total. The zero-order chi connectivity index (χ0) is 15.7. The number of esters is 1. The van der Waals surface area contributed by atoms with Gasteiger partial charge in [-0.15, -0.1) is 0 Å². The van der Waals surface area contributed by atoms with Gasteiger partial charge in [0.25, 0.3) is 0 Å². The van der Waals surface area contributed by atoms with Crippen LogP contribution in [0, 0.1) is 0 Å². The van der Waals surface area contributed by atoms with Gasteiger partial charge >= 0.3 is 5.97 Å². The molecule has 6 heteroatoms. The maximum atomic E-state index is 11.6. The molecule has 1 aromatic rings. The average molecular weight is 361 g/mol. The van der Waals surface area contributed by atoms with E-state index in [1.807, 2.05) is 13.8 Å². The van der Waals surface area contributed by atoms with Crippen molar-refractivity contribution in [1.29, 1.82) is 0 Å². The summed E-state index contributed by atoms with van der Waals surface area (Å²) in [7, 11) is 0. The Morgan fingerprint density at radius 2 is 2.05 bits per heavy atom. The second kappa shape index (κ2) is 9.63. The van der Waals surface area contributed by atoms with Crippen LogP contribution < -0.4 is 9.47 Å². The van der Waals surface area contributed by atoms with Crippen LogP contribution in [0.5, 0.6) is 11.5 Å². The predicted octanol–water partition coefficient (Wildman–Crippen LogP) is 3.06. The summed E-state index contributed by atoms with van der Waals surface area (Å²) in [6.07, 6.45) is 1.81. The predicted molar refractivity (Wildman–Crippen MR) is 82.6 cm³/mol. The number of hydrogen-bond acceptors (Lipinski definition) is 5. The number of carbonyl (C=O) groups is 1. The molecule has 0 amide bonds. The molecule has 0 radical (unpaired) electrons. The van der Waals surface area contributed by atoms with E-state index in [0.717, 1.165) is 12.8 Å². The number of aliphatic hydroxyl groups excluding tert-OH is 1. The molecule has 0 bridgehead atoms. The molecule has 0 spiro atoms. The van der Waals surface area contributed by atoms with Crippen molar-refractivity contribution in [1.82, 2.24) is 0 Å². The van der Waals surface area contributed by atoms with Gasteiger partial charge in [-0.25, -0.2) is 4.79 Å². The van der Waals surface area contributed by atoms with Crippen LogP contribution in [0.4, 0.5) is 0 Å². The summed E-state index contributed by atoms with van der Waals surface area (Å²) in [6.45, 7) is 4.46. The van der Waals surface area contributed by atoms with Crippen molar-refractivity contribution in [2.24, 2.45) is 0 Å². The third-order valence-electron chi connectivity index (χ3n) is 2.65. The Morgan fingerprint density at radius 3 is 2.67 bits per heavy atom. The lowest BCUT2D eigenvalue weighted by Crippen LogP contribution is -2.16. The molecule has 0 aliphatic heterocycles. The van der Waals surface area contributed by atoms with Crippen LogP contribution in [0.3, 0.4) is 0 Å². The van der Waals surface area contributed by atoms with Gasteiger partial charge in [0, 0.05) is 0 Å². The van der Waals surface area contributed by atoms with Crippen molar-refractivity contribution in [3.63, 3.8) is 0 Å². The summed E-state index contributed by atoms with van der Waals surface area (Å²) in [6, 6.07) is 3.41. The highest BCUT2D eigenvalue weighted by Crippen LogP contribution is 2.37. The maximum absolute atomic E-state index is 11.6. The normalized spacial score (nSPS) is 10.3. The van der Waals surface area contributed by atoms with Crippen molar-refractivity contribution < 1.29 is 24.1 Å². The van der Waals surface area contributed by atoms with E-state index in [4.69, 9.17) is 14.2 Å². The lowest BCUT2D eigenvalue weighted by atomic mass is 10.2. The third kappa shape index (κ3) is 5.93. The third-order valence-corrected chi connectivity index (χ3v) is 3.24. The molecule has 0 aliphatic rings. The summed E-state index contributed by atoms with van der Waals surface area (Å²) < 4.78 is 16.6. The minimum Gasteiger partial charge on any atom is -0.490 e. The molecule has 118 valence electrons. The SMILES string of the molecule is CCCCOC(=O)COc1c(Br)cc(CO)cc1OCC. The van der Waals surface area contributed by atoms with E-state index in [9.17, 15) is 9.90 Å². The van der Waals surface area contributed by atoms with Crippen LogP contribution in [0.15, 0.2) is 16.6 Å². The lowest BCUT2D eigenvalue weighted by Gasteiger charge is -2.14. The Morgan fingerprint density at radius 1 is 1.29 bits per heavy atom. The lowest BCUT2D eigenvalue weighted by molar-refractivity contribution is -0.146. The van der Waals surface area contributed by atoms with Crippen LogP contribution in [0.2, 0.25) is 0 Å². The van der Waals surface area contributed by atoms with Crippen LogP contribution in [-0.4, -0.2) is 30.9 Å². The topological polar surface area (TPSA) is 65.0 Å². The van der Waals surface area contributed by atoms with E-state index in [1.165, 1.54) is 0 Å². The molecule has 0 aromatic heterocycles. The molecule has 0 unspecified atom stereocenters. The number of rotatable bonds is 9. The van der Waals surface area contributed by atoms with Crippen molar-refractivity contribution in [2.75, 3.05) is 19.8 Å².